The normalized spacial score (nSPS) is 12.7. The van der Waals surface area contributed by atoms with E-state index in [4.69, 9.17) is 18.9 Å². The van der Waals surface area contributed by atoms with Gasteiger partial charge in [-0.2, -0.15) is 0 Å². The third kappa shape index (κ3) is 10.2. The Morgan fingerprint density at radius 2 is 0.727 bits per heavy atom. The molecule has 2 rings (SSSR count). The lowest BCUT2D eigenvalue weighted by Gasteiger charge is -2.35. The van der Waals surface area contributed by atoms with Crippen LogP contribution in [-0.4, -0.2) is 50.3 Å². The van der Waals surface area contributed by atoms with Crippen molar-refractivity contribution in [3.8, 4) is 0 Å². The molecule has 0 aromatic heterocycles. The van der Waals surface area contributed by atoms with Crippen molar-refractivity contribution in [3.63, 3.8) is 0 Å². The Labute approximate surface area is 262 Å². The van der Waals surface area contributed by atoms with Crippen LogP contribution in [0, 0.1) is 23.7 Å². The molecule has 0 aliphatic carbocycles. The molecule has 0 aliphatic heterocycles. The molecular weight excluding hydrogens is 560 g/mol. The summed E-state index contributed by atoms with van der Waals surface area (Å²) in [6, 6.07) is 15.2. The maximum absolute atomic E-state index is 13.7. The molecule has 2 aromatic carbocycles. The van der Waals surface area contributed by atoms with Crippen LogP contribution < -0.4 is 0 Å². The third-order valence-electron chi connectivity index (χ3n) is 7.28. The summed E-state index contributed by atoms with van der Waals surface area (Å²) in [5.41, 5.74) is 3.32. The molecule has 242 valence electrons. The van der Waals surface area contributed by atoms with Gasteiger partial charge in [0.1, 0.15) is 0 Å². The summed E-state index contributed by atoms with van der Waals surface area (Å²) >= 11 is 0. The largest absolute Gasteiger partial charge is 0.465 e. The lowest BCUT2D eigenvalue weighted by atomic mass is 9.68. The Kier molecular flexibility index (Phi) is 15.1. The van der Waals surface area contributed by atoms with Gasteiger partial charge >= 0.3 is 23.9 Å². The number of benzene rings is 2. The minimum atomic E-state index is -1.47. The first-order valence-electron chi connectivity index (χ1n) is 15.8. The molecule has 0 radical (unpaired) electrons. The highest BCUT2D eigenvalue weighted by Gasteiger charge is 2.50. The fourth-order valence-corrected chi connectivity index (χ4v) is 5.62. The number of carbonyl (C=O) groups excluding carboxylic acids is 4. The number of hydrogen-bond acceptors (Lipinski definition) is 8. The van der Waals surface area contributed by atoms with E-state index >= 15 is 0 Å². The van der Waals surface area contributed by atoms with Crippen LogP contribution in [0.25, 0.3) is 0 Å². The average Bonchev–Trinajstić information content (AvgIpc) is 2.95. The second-order valence-electron chi connectivity index (χ2n) is 11.7. The quantitative estimate of drug-likeness (QED) is 0.115. The Bertz CT molecular complexity index is 1070. The van der Waals surface area contributed by atoms with Crippen LogP contribution in [0.5, 0.6) is 0 Å². The van der Waals surface area contributed by atoms with Gasteiger partial charge in [-0.05, 0) is 74.6 Å². The molecule has 2 aromatic rings. The number of esters is 4. The zero-order valence-corrected chi connectivity index (χ0v) is 27.6. The lowest BCUT2D eigenvalue weighted by molar-refractivity contribution is -0.169. The smallest absolute Gasteiger partial charge is 0.320 e. The van der Waals surface area contributed by atoms with Crippen molar-refractivity contribution < 1.29 is 38.1 Å². The Morgan fingerprint density at radius 3 is 0.932 bits per heavy atom. The van der Waals surface area contributed by atoms with E-state index in [2.05, 4.69) is 27.7 Å². The van der Waals surface area contributed by atoms with Gasteiger partial charge in [-0.3, -0.25) is 19.2 Å². The molecular formula is C36H50O8. The fourth-order valence-electron chi connectivity index (χ4n) is 5.62. The van der Waals surface area contributed by atoms with Gasteiger partial charge in [0.05, 0.1) is 26.4 Å². The van der Waals surface area contributed by atoms with E-state index in [-0.39, 0.29) is 26.4 Å². The Balaban J connectivity index is 2.97. The highest BCUT2D eigenvalue weighted by molar-refractivity contribution is 5.99. The summed E-state index contributed by atoms with van der Waals surface area (Å²) in [5.74, 6) is -7.37. The second-order valence-corrected chi connectivity index (χ2v) is 11.7. The van der Waals surface area contributed by atoms with E-state index in [0.29, 0.717) is 23.0 Å². The lowest BCUT2D eigenvalue weighted by Crippen LogP contribution is -2.42. The summed E-state index contributed by atoms with van der Waals surface area (Å²) in [5, 5.41) is 0. The highest BCUT2D eigenvalue weighted by atomic mass is 16.6. The maximum Gasteiger partial charge on any atom is 0.320 e. The molecule has 0 saturated carbocycles. The monoisotopic (exact) mass is 610 g/mol. The van der Waals surface area contributed by atoms with E-state index in [1.54, 1.807) is 27.7 Å². The molecule has 0 fully saturated rings. The van der Waals surface area contributed by atoms with E-state index in [0.717, 1.165) is 24.0 Å². The van der Waals surface area contributed by atoms with E-state index in [9.17, 15) is 19.2 Å². The topological polar surface area (TPSA) is 105 Å². The Hall–Kier alpha value is -3.68. The predicted octanol–water partition coefficient (Wildman–Crippen LogP) is 6.44. The molecule has 0 N–H and O–H groups in total. The molecule has 0 unspecified atom stereocenters. The zero-order chi connectivity index (χ0) is 32.8. The SMILES string of the molecule is CCOC(=O)C(C(=O)OCC)[C@H](c1ccc(CC(C)C)cc1)[C@@H](c1ccc(CC(C)C)cc1)C(C(=O)OCC)C(=O)OCC. The maximum atomic E-state index is 13.7. The van der Waals surface area contributed by atoms with E-state index in [1.165, 1.54) is 0 Å². The Morgan fingerprint density at radius 1 is 0.477 bits per heavy atom. The van der Waals surface area contributed by atoms with Gasteiger partial charge in [0, 0.05) is 11.8 Å². The van der Waals surface area contributed by atoms with Crippen molar-refractivity contribution in [2.75, 3.05) is 26.4 Å². The summed E-state index contributed by atoms with van der Waals surface area (Å²) in [6.07, 6.45) is 1.66. The summed E-state index contributed by atoms with van der Waals surface area (Å²) < 4.78 is 21.7. The standard InChI is InChI=1S/C36H50O8/c1-9-41-33(37)31(34(38)42-10-2)29(27-17-13-25(14-18-27)21-23(5)6)30(28-19-15-26(16-20-28)22-24(7)8)32(35(39)43-11-3)36(40)44-12-4/h13-20,23-24,29-32H,9-12,21-22H2,1-8H3/t29-,30-/m1/s1. The van der Waals surface area contributed by atoms with Crippen molar-refractivity contribution in [3.05, 3.63) is 70.8 Å². The molecule has 8 heteroatoms. The molecule has 0 spiro atoms. The first kappa shape index (κ1) is 36.5. The van der Waals surface area contributed by atoms with Crippen molar-refractivity contribution in [1.82, 2.24) is 0 Å². The average molecular weight is 611 g/mol. The summed E-state index contributed by atoms with van der Waals surface area (Å²) in [6.45, 7) is 15.2. The molecule has 0 amide bonds. The van der Waals surface area contributed by atoms with Crippen LogP contribution in [0.1, 0.15) is 89.5 Å². The fraction of sp³-hybridized carbons (Fsp3) is 0.556. The predicted molar refractivity (Wildman–Crippen MR) is 169 cm³/mol. The molecule has 44 heavy (non-hydrogen) atoms. The molecule has 2 atom stereocenters. The van der Waals surface area contributed by atoms with Crippen LogP contribution in [-0.2, 0) is 51.0 Å². The van der Waals surface area contributed by atoms with Crippen molar-refractivity contribution in [2.24, 2.45) is 23.7 Å². The van der Waals surface area contributed by atoms with Crippen LogP contribution in [0.2, 0.25) is 0 Å². The van der Waals surface area contributed by atoms with Gasteiger partial charge in [0.15, 0.2) is 11.8 Å². The number of hydrogen-bond donors (Lipinski definition) is 0. The molecule has 8 nitrogen and oxygen atoms in total. The van der Waals surface area contributed by atoms with Crippen molar-refractivity contribution in [1.29, 1.82) is 0 Å². The second kappa shape index (κ2) is 18.2. The van der Waals surface area contributed by atoms with Crippen molar-refractivity contribution in [2.45, 2.75) is 80.1 Å². The van der Waals surface area contributed by atoms with Crippen LogP contribution in [0.4, 0.5) is 0 Å². The summed E-state index contributed by atoms with van der Waals surface area (Å²) in [4.78, 5) is 54.6. The van der Waals surface area contributed by atoms with Crippen LogP contribution in [0.3, 0.4) is 0 Å². The minimum absolute atomic E-state index is 0.0303. The van der Waals surface area contributed by atoms with Crippen LogP contribution in [0.15, 0.2) is 48.5 Å². The van der Waals surface area contributed by atoms with E-state index < -0.39 is 47.5 Å². The van der Waals surface area contributed by atoms with E-state index in [1.807, 2.05) is 48.5 Å². The van der Waals surface area contributed by atoms with Crippen LogP contribution >= 0.6 is 0 Å². The first-order valence-corrected chi connectivity index (χ1v) is 15.8. The number of rotatable bonds is 17. The van der Waals surface area contributed by atoms with Gasteiger partial charge in [0.25, 0.3) is 0 Å². The number of carbonyl (C=O) groups is 4. The first-order chi connectivity index (χ1) is 21.0. The van der Waals surface area contributed by atoms with Gasteiger partial charge in [-0.25, -0.2) is 0 Å². The molecule has 0 heterocycles. The molecule has 0 bridgehead atoms. The number of ether oxygens (including phenoxy) is 4. The van der Waals surface area contributed by atoms with Gasteiger partial charge in [0.2, 0.25) is 0 Å². The van der Waals surface area contributed by atoms with Gasteiger partial charge < -0.3 is 18.9 Å². The van der Waals surface area contributed by atoms with Crippen molar-refractivity contribution >= 4 is 23.9 Å². The summed E-state index contributed by atoms with van der Waals surface area (Å²) in [7, 11) is 0. The van der Waals surface area contributed by atoms with Gasteiger partial charge in [-0.15, -0.1) is 0 Å². The van der Waals surface area contributed by atoms with Gasteiger partial charge in [-0.1, -0.05) is 76.2 Å². The minimum Gasteiger partial charge on any atom is -0.465 e. The molecule has 0 aliphatic rings. The third-order valence-corrected chi connectivity index (χ3v) is 7.28. The highest BCUT2D eigenvalue weighted by Crippen LogP contribution is 2.46. The zero-order valence-electron chi connectivity index (χ0n) is 27.6. The molecule has 0 saturated heterocycles.